The SMILES string of the molecule is O=C(O)N1CCC(Sc2cccc(Oc3cccc(-c4ccnc5c(C(F)(F)F)cccc45)c3)c2)CC1. The maximum Gasteiger partial charge on any atom is 0.418 e. The standard InChI is InChI=1S/C28H23F3N2O3S/c29-28(30,31)25-9-3-8-24-23(10-13-32-26(24)25)18-4-1-5-19(16-18)36-20-6-2-7-22(17-20)37-21-11-14-33(15-12-21)27(34)35/h1-10,13,16-17,21H,11-12,14-15H2,(H,34,35). The molecule has 1 amide bonds. The molecular formula is C28H23F3N2O3S. The first kappa shape index (κ1) is 25.0. The van der Waals surface area contributed by atoms with Gasteiger partial charge in [-0.25, -0.2) is 4.79 Å². The second-order valence-electron chi connectivity index (χ2n) is 8.75. The lowest BCUT2D eigenvalue weighted by Crippen LogP contribution is -2.38. The van der Waals surface area contributed by atoms with Crippen molar-refractivity contribution in [3.8, 4) is 22.6 Å². The number of benzene rings is 3. The fraction of sp³-hybridized carbons (Fsp3) is 0.214. The molecule has 5 rings (SSSR count). The lowest BCUT2D eigenvalue weighted by molar-refractivity contribution is -0.136. The van der Waals surface area contributed by atoms with Gasteiger partial charge in [-0.1, -0.05) is 30.3 Å². The molecule has 0 aliphatic carbocycles. The van der Waals surface area contributed by atoms with Gasteiger partial charge in [-0.15, -0.1) is 11.8 Å². The van der Waals surface area contributed by atoms with Crippen LogP contribution in [0.5, 0.6) is 11.5 Å². The summed E-state index contributed by atoms with van der Waals surface area (Å²) in [7, 11) is 0. The van der Waals surface area contributed by atoms with Gasteiger partial charge in [0, 0.05) is 34.8 Å². The summed E-state index contributed by atoms with van der Waals surface area (Å²) in [4.78, 5) is 17.6. The summed E-state index contributed by atoms with van der Waals surface area (Å²) in [6.45, 7) is 1.06. The van der Waals surface area contributed by atoms with Crippen LogP contribution < -0.4 is 4.74 Å². The Labute approximate surface area is 215 Å². The van der Waals surface area contributed by atoms with Gasteiger partial charge < -0.3 is 14.7 Å². The summed E-state index contributed by atoms with van der Waals surface area (Å²) in [6, 6.07) is 20.7. The molecule has 5 nitrogen and oxygen atoms in total. The number of nitrogens with zero attached hydrogens (tertiary/aromatic N) is 2. The zero-order chi connectivity index (χ0) is 26.0. The van der Waals surface area contributed by atoms with E-state index in [0.29, 0.717) is 40.8 Å². The summed E-state index contributed by atoms with van der Waals surface area (Å²) >= 11 is 1.71. The zero-order valence-electron chi connectivity index (χ0n) is 19.6. The highest BCUT2D eigenvalue weighted by molar-refractivity contribution is 8.00. The van der Waals surface area contributed by atoms with Gasteiger partial charge in [-0.2, -0.15) is 13.2 Å². The number of para-hydroxylation sites is 1. The Morgan fingerprint density at radius 2 is 1.68 bits per heavy atom. The molecule has 37 heavy (non-hydrogen) atoms. The van der Waals surface area contributed by atoms with Crippen molar-refractivity contribution in [3.05, 3.63) is 84.6 Å². The predicted molar refractivity (Wildman–Crippen MR) is 137 cm³/mol. The maximum atomic E-state index is 13.5. The summed E-state index contributed by atoms with van der Waals surface area (Å²) in [5.41, 5.74) is 0.512. The number of likely N-dealkylation sites (tertiary alicyclic amines) is 1. The number of piperidine rings is 1. The van der Waals surface area contributed by atoms with Crippen LogP contribution in [0, 0.1) is 0 Å². The summed E-state index contributed by atoms with van der Waals surface area (Å²) in [6.07, 6.45) is -2.39. The van der Waals surface area contributed by atoms with Crippen LogP contribution in [-0.2, 0) is 6.18 Å². The molecule has 9 heteroatoms. The third-order valence-corrected chi connectivity index (χ3v) is 7.61. The van der Waals surface area contributed by atoms with Gasteiger partial charge in [0.2, 0.25) is 0 Å². The number of fused-ring (bicyclic) bond motifs is 1. The number of rotatable bonds is 5. The number of aromatic nitrogens is 1. The number of hydrogen-bond donors (Lipinski definition) is 1. The molecule has 1 aliphatic heterocycles. The Balaban J connectivity index is 1.35. The Morgan fingerprint density at radius 1 is 0.973 bits per heavy atom. The van der Waals surface area contributed by atoms with Gasteiger partial charge in [0.25, 0.3) is 0 Å². The largest absolute Gasteiger partial charge is 0.465 e. The molecular weight excluding hydrogens is 501 g/mol. The van der Waals surface area contributed by atoms with E-state index in [9.17, 15) is 18.0 Å². The first-order valence-corrected chi connectivity index (χ1v) is 12.6. The van der Waals surface area contributed by atoms with Crippen LogP contribution in [0.3, 0.4) is 0 Å². The maximum absolute atomic E-state index is 13.5. The van der Waals surface area contributed by atoms with E-state index >= 15 is 0 Å². The van der Waals surface area contributed by atoms with E-state index in [-0.39, 0.29) is 5.52 Å². The number of carbonyl (C=O) groups is 1. The lowest BCUT2D eigenvalue weighted by Gasteiger charge is -2.29. The van der Waals surface area contributed by atoms with Crippen LogP contribution in [0.25, 0.3) is 22.0 Å². The summed E-state index contributed by atoms with van der Waals surface area (Å²) < 4.78 is 46.6. The van der Waals surface area contributed by atoms with Gasteiger partial charge >= 0.3 is 12.3 Å². The molecule has 3 aromatic carbocycles. The summed E-state index contributed by atoms with van der Waals surface area (Å²) in [5, 5.41) is 9.88. The molecule has 1 aromatic heterocycles. The van der Waals surface area contributed by atoms with Crippen LogP contribution in [-0.4, -0.2) is 39.4 Å². The van der Waals surface area contributed by atoms with Gasteiger partial charge in [-0.3, -0.25) is 4.98 Å². The average molecular weight is 525 g/mol. The second-order valence-corrected chi connectivity index (χ2v) is 10.1. The van der Waals surface area contributed by atoms with Crippen molar-refractivity contribution in [3.63, 3.8) is 0 Å². The monoisotopic (exact) mass is 524 g/mol. The van der Waals surface area contributed by atoms with Gasteiger partial charge in [0.15, 0.2) is 0 Å². The van der Waals surface area contributed by atoms with Crippen LogP contribution in [0.4, 0.5) is 18.0 Å². The molecule has 0 spiro atoms. The van der Waals surface area contributed by atoms with Gasteiger partial charge in [0.1, 0.15) is 11.5 Å². The number of hydrogen-bond acceptors (Lipinski definition) is 4. The Bertz CT molecular complexity index is 1440. The lowest BCUT2D eigenvalue weighted by atomic mass is 9.99. The van der Waals surface area contributed by atoms with Crippen LogP contribution in [0.15, 0.2) is 83.9 Å². The van der Waals surface area contributed by atoms with Crippen molar-refractivity contribution >= 4 is 28.8 Å². The first-order chi connectivity index (χ1) is 17.8. The predicted octanol–water partition coefficient (Wildman–Crippen LogP) is 7.95. The van der Waals surface area contributed by atoms with Crippen LogP contribution in [0.1, 0.15) is 18.4 Å². The molecule has 190 valence electrons. The molecule has 1 N–H and O–H groups in total. The van der Waals surface area contributed by atoms with Crippen molar-refractivity contribution in [2.75, 3.05) is 13.1 Å². The fourth-order valence-corrected chi connectivity index (χ4v) is 5.66. The number of amides is 1. The van der Waals surface area contributed by atoms with E-state index in [4.69, 9.17) is 9.84 Å². The average Bonchev–Trinajstić information content (AvgIpc) is 2.88. The van der Waals surface area contributed by atoms with Crippen molar-refractivity contribution in [1.82, 2.24) is 9.88 Å². The molecule has 0 bridgehead atoms. The zero-order valence-corrected chi connectivity index (χ0v) is 20.4. The van der Waals surface area contributed by atoms with E-state index in [1.165, 1.54) is 17.2 Å². The molecule has 0 saturated carbocycles. The Kier molecular flexibility index (Phi) is 6.97. The minimum Gasteiger partial charge on any atom is -0.465 e. The Hall–Kier alpha value is -3.72. The van der Waals surface area contributed by atoms with Gasteiger partial charge in [-0.05, 0) is 66.4 Å². The molecule has 1 aliphatic rings. The second kappa shape index (κ2) is 10.3. The molecule has 0 atom stereocenters. The fourth-order valence-electron chi connectivity index (χ4n) is 4.49. The van der Waals surface area contributed by atoms with Gasteiger partial charge in [0.05, 0.1) is 11.1 Å². The molecule has 1 saturated heterocycles. The smallest absolute Gasteiger partial charge is 0.418 e. The topological polar surface area (TPSA) is 62.7 Å². The minimum absolute atomic E-state index is 0.0854. The highest BCUT2D eigenvalue weighted by Crippen LogP contribution is 2.38. The number of pyridine rings is 1. The van der Waals surface area contributed by atoms with E-state index in [2.05, 4.69) is 4.98 Å². The van der Waals surface area contributed by atoms with E-state index < -0.39 is 17.8 Å². The highest BCUT2D eigenvalue weighted by Gasteiger charge is 2.33. The first-order valence-electron chi connectivity index (χ1n) is 11.8. The van der Waals surface area contributed by atoms with E-state index in [1.807, 2.05) is 30.3 Å². The van der Waals surface area contributed by atoms with Crippen LogP contribution >= 0.6 is 11.8 Å². The van der Waals surface area contributed by atoms with E-state index in [0.717, 1.165) is 29.4 Å². The number of halogens is 3. The van der Waals surface area contributed by atoms with Crippen molar-refractivity contribution in [2.45, 2.75) is 29.2 Å². The molecule has 1 fully saturated rings. The molecule has 0 unspecified atom stereocenters. The third-order valence-electron chi connectivity index (χ3n) is 6.28. The normalized spacial score (nSPS) is 14.6. The molecule has 4 aromatic rings. The summed E-state index contributed by atoms with van der Waals surface area (Å²) in [5.74, 6) is 1.20. The van der Waals surface area contributed by atoms with Crippen molar-refractivity contribution < 1.29 is 27.8 Å². The van der Waals surface area contributed by atoms with E-state index in [1.54, 1.807) is 42.1 Å². The highest BCUT2D eigenvalue weighted by atomic mass is 32.2. The van der Waals surface area contributed by atoms with Crippen molar-refractivity contribution in [1.29, 1.82) is 0 Å². The van der Waals surface area contributed by atoms with Crippen molar-refractivity contribution in [2.24, 2.45) is 0 Å². The third kappa shape index (κ3) is 5.67. The number of thioether (sulfide) groups is 1. The number of carboxylic acid groups (broad SMARTS) is 1. The number of alkyl halides is 3. The molecule has 2 heterocycles. The minimum atomic E-state index is -4.49. The Morgan fingerprint density at radius 3 is 2.41 bits per heavy atom. The molecule has 0 radical (unpaired) electrons. The number of ether oxygens (including phenoxy) is 1. The quantitative estimate of drug-likeness (QED) is 0.287. The van der Waals surface area contributed by atoms with Crippen LogP contribution in [0.2, 0.25) is 0 Å².